The normalized spacial score (nSPS) is 19.4. The maximum Gasteiger partial charge on any atom is 0.115 e. The van der Waals surface area contributed by atoms with E-state index in [1.165, 1.54) is 28.5 Å². The van der Waals surface area contributed by atoms with E-state index in [4.69, 9.17) is 0 Å². The lowest BCUT2D eigenvalue weighted by Gasteiger charge is -2.22. The van der Waals surface area contributed by atoms with E-state index < -0.39 is 0 Å². The van der Waals surface area contributed by atoms with Crippen molar-refractivity contribution in [2.24, 2.45) is 0 Å². The maximum absolute atomic E-state index is 9.74. The van der Waals surface area contributed by atoms with Crippen LogP contribution in [0.3, 0.4) is 0 Å². The van der Waals surface area contributed by atoms with Crippen molar-refractivity contribution >= 4 is 5.57 Å². The molecule has 0 bridgehead atoms. The first-order valence-electron chi connectivity index (χ1n) is 9.32. The van der Waals surface area contributed by atoms with Gasteiger partial charge in [0, 0.05) is 5.92 Å². The second-order valence-electron chi connectivity index (χ2n) is 6.73. The molecule has 0 spiro atoms. The summed E-state index contributed by atoms with van der Waals surface area (Å²) < 4.78 is 0. The Kier molecular flexibility index (Phi) is 5.97. The fourth-order valence-electron chi connectivity index (χ4n) is 3.59. The van der Waals surface area contributed by atoms with Crippen molar-refractivity contribution in [1.29, 1.82) is 0 Å². The van der Waals surface area contributed by atoms with Crippen LogP contribution in [0.15, 0.2) is 60.2 Å². The zero-order valence-corrected chi connectivity index (χ0v) is 15.2. The Bertz CT molecular complexity index is 745. The molecule has 4 rings (SSSR count). The van der Waals surface area contributed by atoms with Crippen LogP contribution in [-0.4, -0.2) is 5.11 Å². The van der Waals surface area contributed by atoms with Crippen molar-refractivity contribution in [3.8, 4) is 5.75 Å². The largest absolute Gasteiger partial charge is 0.508 e. The summed E-state index contributed by atoms with van der Waals surface area (Å²) in [4.78, 5) is 0. The van der Waals surface area contributed by atoms with Gasteiger partial charge in [-0.25, -0.2) is 0 Å². The van der Waals surface area contributed by atoms with Gasteiger partial charge < -0.3 is 5.11 Å². The molecular formula is C26H22O. The molecule has 1 N–H and O–H groups in total. The van der Waals surface area contributed by atoms with Gasteiger partial charge in [0.05, 0.1) is 0 Å². The Morgan fingerprint density at radius 2 is 1.26 bits per heavy atom. The van der Waals surface area contributed by atoms with Crippen LogP contribution < -0.4 is 0 Å². The lowest BCUT2D eigenvalue weighted by Crippen LogP contribution is -2.06. The second-order valence-corrected chi connectivity index (χ2v) is 6.73. The minimum atomic E-state index is 0.290. The Morgan fingerprint density at radius 3 is 1.93 bits per heavy atom. The molecule has 1 heteroatoms. The van der Waals surface area contributed by atoms with Gasteiger partial charge in [0.25, 0.3) is 0 Å². The van der Waals surface area contributed by atoms with Crippen LogP contribution in [-0.2, 0) is 0 Å². The lowest BCUT2D eigenvalue weighted by atomic mass is 9.82. The van der Waals surface area contributed by atoms with Gasteiger partial charge in [0.15, 0.2) is 0 Å². The number of benzene rings is 2. The third-order valence-electron chi connectivity index (χ3n) is 4.93. The Hall–Kier alpha value is -2.02. The molecule has 0 atom stereocenters. The number of aromatic hydroxyl groups is 1. The smallest absolute Gasteiger partial charge is 0.115 e. The van der Waals surface area contributed by atoms with E-state index >= 15 is 0 Å². The Morgan fingerprint density at radius 1 is 0.667 bits per heavy atom. The molecular weight excluding hydrogens is 328 g/mol. The monoisotopic (exact) mass is 350 g/mol. The molecule has 0 amide bonds. The molecule has 0 aliphatic heterocycles. The molecule has 27 heavy (non-hydrogen) atoms. The standard InChI is InChI=1S/C26H22O/c27-24-17-15-23(16-18-24)26(22-12-2-1-3-13-22)25(21-10-6-7-11-21)19-14-20-8-4-5-9-20/h1-13,15-18,27H,14,19H2/b26-25-. The summed E-state index contributed by atoms with van der Waals surface area (Å²) in [6.45, 7) is 0. The van der Waals surface area contributed by atoms with Gasteiger partial charge in [-0.3, -0.25) is 0 Å². The van der Waals surface area contributed by atoms with Gasteiger partial charge in [-0.2, -0.15) is 0 Å². The van der Waals surface area contributed by atoms with E-state index in [0.717, 1.165) is 18.4 Å². The van der Waals surface area contributed by atoms with Gasteiger partial charge in [0.1, 0.15) is 5.75 Å². The first-order valence-corrected chi connectivity index (χ1v) is 9.32. The third kappa shape index (κ3) is 4.46. The highest BCUT2D eigenvalue weighted by molar-refractivity contribution is 5.85. The number of hydrogen-bond donors (Lipinski definition) is 1. The fraction of sp³-hybridized carbons (Fsp3) is 0.0769. The van der Waals surface area contributed by atoms with Crippen LogP contribution in [0.25, 0.3) is 5.57 Å². The van der Waals surface area contributed by atoms with Crippen molar-refractivity contribution in [2.45, 2.75) is 12.8 Å². The van der Waals surface area contributed by atoms with Crippen molar-refractivity contribution in [1.82, 2.24) is 0 Å². The minimum Gasteiger partial charge on any atom is -0.508 e. The van der Waals surface area contributed by atoms with E-state index in [1.54, 1.807) is 12.1 Å². The van der Waals surface area contributed by atoms with Gasteiger partial charge in [-0.15, -0.1) is 0 Å². The topological polar surface area (TPSA) is 20.2 Å². The summed E-state index contributed by atoms with van der Waals surface area (Å²) in [5.74, 6) is 2.91. The van der Waals surface area contributed by atoms with Crippen LogP contribution in [0, 0.1) is 63.2 Å². The molecule has 0 aromatic heterocycles. The quantitative estimate of drug-likeness (QED) is 0.699. The highest BCUT2D eigenvalue weighted by Crippen LogP contribution is 2.42. The van der Waals surface area contributed by atoms with Gasteiger partial charge >= 0.3 is 0 Å². The molecule has 10 radical (unpaired) electrons. The van der Waals surface area contributed by atoms with E-state index in [0.29, 0.717) is 0 Å². The van der Waals surface area contributed by atoms with E-state index in [-0.39, 0.29) is 5.75 Å². The van der Waals surface area contributed by atoms with E-state index in [2.05, 4.69) is 75.6 Å². The van der Waals surface area contributed by atoms with Crippen molar-refractivity contribution in [3.63, 3.8) is 0 Å². The number of phenols is 1. The fourth-order valence-corrected chi connectivity index (χ4v) is 3.59. The van der Waals surface area contributed by atoms with Crippen molar-refractivity contribution in [3.05, 3.63) is 134 Å². The first-order chi connectivity index (χ1) is 13.3. The predicted molar refractivity (Wildman–Crippen MR) is 111 cm³/mol. The summed E-state index contributed by atoms with van der Waals surface area (Å²) in [6.07, 6.45) is 19.1. The molecule has 0 unspecified atom stereocenters. The minimum absolute atomic E-state index is 0.290. The lowest BCUT2D eigenvalue weighted by molar-refractivity contribution is 0.475. The van der Waals surface area contributed by atoms with Gasteiger partial charge in [0.2, 0.25) is 0 Å². The van der Waals surface area contributed by atoms with Gasteiger partial charge in [-0.05, 0) is 99.0 Å². The highest BCUT2D eigenvalue weighted by Gasteiger charge is 2.27. The average Bonchev–Trinajstić information content (AvgIpc) is 3.41. The summed E-state index contributed by atoms with van der Waals surface area (Å²) in [7, 11) is 0. The molecule has 1 nitrogen and oxygen atoms in total. The number of allylic oxidation sites excluding steroid dienone is 1. The van der Waals surface area contributed by atoms with Crippen molar-refractivity contribution < 1.29 is 5.11 Å². The molecule has 2 aliphatic rings. The van der Waals surface area contributed by atoms with E-state index in [1.807, 2.05) is 18.2 Å². The summed E-state index contributed by atoms with van der Waals surface area (Å²) in [6, 6.07) is 18.1. The molecule has 2 aliphatic carbocycles. The number of hydrogen-bond acceptors (Lipinski definition) is 1. The zero-order valence-electron chi connectivity index (χ0n) is 15.2. The first kappa shape index (κ1) is 18.3. The molecule has 2 aromatic rings. The summed E-state index contributed by atoms with van der Waals surface area (Å²) in [5, 5.41) is 9.74. The molecule has 2 fully saturated rings. The molecule has 132 valence electrons. The van der Waals surface area contributed by atoms with Gasteiger partial charge in [-0.1, -0.05) is 48.0 Å². The van der Waals surface area contributed by atoms with Crippen LogP contribution in [0.1, 0.15) is 24.0 Å². The molecule has 0 saturated heterocycles. The molecule has 2 saturated carbocycles. The summed E-state index contributed by atoms with van der Waals surface area (Å²) in [5.41, 5.74) is 4.88. The second kappa shape index (κ2) is 8.78. The molecule has 2 aromatic carbocycles. The number of rotatable bonds is 6. The van der Waals surface area contributed by atoms with Crippen LogP contribution >= 0.6 is 0 Å². The van der Waals surface area contributed by atoms with Crippen LogP contribution in [0.2, 0.25) is 0 Å². The molecule has 0 heterocycles. The van der Waals surface area contributed by atoms with Crippen LogP contribution in [0.4, 0.5) is 0 Å². The predicted octanol–water partition coefficient (Wildman–Crippen LogP) is 5.78. The zero-order chi connectivity index (χ0) is 18.5. The third-order valence-corrected chi connectivity index (χ3v) is 4.93. The summed E-state index contributed by atoms with van der Waals surface area (Å²) >= 11 is 0. The Labute approximate surface area is 164 Å². The highest BCUT2D eigenvalue weighted by atomic mass is 16.3. The SMILES string of the molecule is Oc1ccc(/C(=C(/CC[C]2[CH][CH][CH][CH]2)[C]2[CH][CH][CH][CH]2)c2ccccc2)cc1. The Balaban J connectivity index is 1.76. The number of phenolic OH excluding ortho intramolecular Hbond substituents is 1. The van der Waals surface area contributed by atoms with E-state index in [9.17, 15) is 5.11 Å². The van der Waals surface area contributed by atoms with Crippen molar-refractivity contribution in [2.75, 3.05) is 0 Å². The maximum atomic E-state index is 9.74. The van der Waals surface area contributed by atoms with Crippen LogP contribution in [0.5, 0.6) is 5.75 Å². The average molecular weight is 350 g/mol.